The number of aliphatic hydroxyl groups excluding tert-OH is 1. The van der Waals surface area contributed by atoms with Crippen molar-refractivity contribution in [2.45, 2.75) is 12.5 Å². The van der Waals surface area contributed by atoms with Gasteiger partial charge in [0.05, 0.1) is 26.2 Å². The van der Waals surface area contributed by atoms with E-state index < -0.39 is 6.04 Å². The molecule has 1 unspecified atom stereocenters. The second-order valence-electron chi connectivity index (χ2n) is 5.78. The maximum atomic E-state index is 12.7. The van der Waals surface area contributed by atoms with Gasteiger partial charge in [-0.1, -0.05) is 29.4 Å². The number of rotatable bonds is 6. The topological polar surface area (TPSA) is 75.8 Å². The summed E-state index contributed by atoms with van der Waals surface area (Å²) in [7, 11) is 3.27. The molecule has 0 aliphatic heterocycles. The summed E-state index contributed by atoms with van der Waals surface area (Å²) in [5.41, 5.74) is 2.09. The minimum atomic E-state index is -0.434. The van der Waals surface area contributed by atoms with Crippen LogP contribution < -0.4 is 4.74 Å². The lowest BCUT2D eigenvalue weighted by Gasteiger charge is -2.27. The Balaban J connectivity index is 1.77. The van der Waals surface area contributed by atoms with Crippen LogP contribution in [0.4, 0.5) is 0 Å². The highest BCUT2D eigenvalue weighted by atomic mass is 16.5. The zero-order chi connectivity index (χ0) is 17.8. The summed E-state index contributed by atoms with van der Waals surface area (Å²) in [6, 6.07) is 14.3. The Labute approximate surface area is 145 Å². The first kappa shape index (κ1) is 17.0. The second-order valence-corrected chi connectivity index (χ2v) is 5.78. The van der Waals surface area contributed by atoms with Crippen LogP contribution in [0.25, 0.3) is 11.0 Å². The van der Waals surface area contributed by atoms with Crippen molar-refractivity contribution in [2.24, 2.45) is 0 Å². The molecule has 0 radical (unpaired) electrons. The van der Waals surface area contributed by atoms with E-state index in [4.69, 9.17) is 9.26 Å². The average Bonchev–Trinajstić information content (AvgIpc) is 3.06. The Bertz CT molecular complexity index is 857. The van der Waals surface area contributed by atoms with E-state index in [1.54, 1.807) is 26.3 Å². The predicted octanol–water partition coefficient (Wildman–Crippen LogP) is 2.57. The van der Waals surface area contributed by atoms with Gasteiger partial charge in [-0.05, 0) is 29.8 Å². The first-order chi connectivity index (χ1) is 12.1. The van der Waals surface area contributed by atoms with Gasteiger partial charge in [-0.15, -0.1) is 0 Å². The molecular weight excluding hydrogens is 320 g/mol. The molecule has 0 fully saturated rings. The van der Waals surface area contributed by atoms with Crippen LogP contribution in [0.5, 0.6) is 5.75 Å². The van der Waals surface area contributed by atoms with Gasteiger partial charge in [0.2, 0.25) is 5.91 Å². The number of ether oxygens (including phenoxy) is 1. The lowest BCUT2D eigenvalue weighted by molar-refractivity contribution is -0.132. The minimum Gasteiger partial charge on any atom is -0.497 e. The molecule has 3 rings (SSSR count). The molecule has 0 saturated carbocycles. The van der Waals surface area contributed by atoms with Crippen LogP contribution in [0.15, 0.2) is 53.1 Å². The number of aliphatic hydroxyl groups is 1. The van der Waals surface area contributed by atoms with E-state index in [0.29, 0.717) is 11.3 Å². The van der Waals surface area contributed by atoms with Crippen LogP contribution >= 0.6 is 0 Å². The van der Waals surface area contributed by atoms with Gasteiger partial charge < -0.3 is 19.3 Å². The molecule has 0 aliphatic rings. The number of amides is 1. The van der Waals surface area contributed by atoms with Crippen molar-refractivity contribution in [2.75, 3.05) is 20.8 Å². The number of likely N-dealkylation sites (N-methyl/N-ethyl adjacent to an activating group) is 1. The van der Waals surface area contributed by atoms with Crippen LogP contribution in [0, 0.1) is 0 Å². The van der Waals surface area contributed by atoms with Crippen molar-refractivity contribution in [1.29, 1.82) is 0 Å². The van der Waals surface area contributed by atoms with E-state index in [1.165, 1.54) is 4.90 Å². The maximum Gasteiger partial charge on any atom is 0.229 e. The number of aromatic nitrogens is 1. The third kappa shape index (κ3) is 3.49. The van der Waals surface area contributed by atoms with E-state index in [9.17, 15) is 9.90 Å². The largest absolute Gasteiger partial charge is 0.497 e. The molecule has 130 valence electrons. The molecule has 2 aromatic carbocycles. The van der Waals surface area contributed by atoms with Crippen LogP contribution in [0.2, 0.25) is 0 Å². The summed E-state index contributed by atoms with van der Waals surface area (Å²) in [5, 5.41) is 14.6. The predicted molar refractivity (Wildman–Crippen MR) is 93.3 cm³/mol. The minimum absolute atomic E-state index is 0.111. The summed E-state index contributed by atoms with van der Waals surface area (Å²) in [6.45, 7) is -0.172. The molecule has 6 heteroatoms. The zero-order valence-corrected chi connectivity index (χ0v) is 14.2. The number of para-hydroxylation sites is 1. The summed E-state index contributed by atoms with van der Waals surface area (Å²) in [6.07, 6.45) is 0.111. The average molecular weight is 340 g/mol. The van der Waals surface area contributed by atoms with E-state index in [-0.39, 0.29) is 18.9 Å². The number of methoxy groups -OCH3 is 1. The number of hydrogen-bond acceptors (Lipinski definition) is 5. The van der Waals surface area contributed by atoms with Crippen LogP contribution in [-0.4, -0.2) is 41.8 Å². The molecule has 0 aliphatic carbocycles. The van der Waals surface area contributed by atoms with E-state index in [0.717, 1.165) is 16.7 Å². The van der Waals surface area contributed by atoms with Gasteiger partial charge in [0.1, 0.15) is 11.4 Å². The van der Waals surface area contributed by atoms with Gasteiger partial charge in [-0.3, -0.25) is 4.79 Å². The standard InChI is InChI=1S/C19H20N2O4/c1-21(17(12-22)13-7-9-14(24-2)10-8-13)19(23)11-16-15-5-3-4-6-18(15)25-20-16/h3-10,17,22H,11-12H2,1-2H3. The van der Waals surface area contributed by atoms with Crippen molar-refractivity contribution in [3.05, 3.63) is 59.8 Å². The quantitative estimate of drug-likeness (QED) is 0.746. The van der Waals surface area contributed by atoms with E-state index in [1.807, 2.05) is 36.4 Å². The molecule has 3 aromatic rings. The van der Waals surface area contributed by atoms with E-state index in [2.05, 4.69) is 5.16 Å². The number of fused-ring (bicyclic) bond motifs is 1. The first-order valence-electron chi connectivity index (χ1n) is 7.97. The number of benzene rings is 2. The molecule has 1 atom stereocenters. The highest BCUT2D eigenvalue weighted by Gasteiger charge is 2.23. The lowest BCUT2D eigenvalue weighted by Crippen LogP contribution is -2.34. The molecule has 0 saturated heterocycles. The maximum absolute atomic E-state index is 12.7. The third-order valence-electron chi connectivity index (χ3n) is 4.31. The summed E-state index contributed by atoms with van der Waals surface area (Å²) in [5.74, 6) is 0.581. The fourth-order valence-corrected chi connectivity index (χ4v) is 2.78. The normalized spacial score (nSPS) is 12.1. The van der Waals surface area contributed by atoms with Crippen molar-refractivity contribution in [3.8, 4) is 5.75 Å². The zero-order valence-electron chi connectivity index (χ0n) is 14.2. The van der Waals surface area contributed by atoms with Crippen molar-refractivity contribution in [3.63, 3.8) is 0 Å². The van der Waals surface area contributed by atoms with Gasteiger partial charge in [0.15, 0.2) is 5.58 Å². The summed E-state index contributed by atoms with van der Waals surface area (Å²) in [4.78, 5) is 14.2. The monoisotopic (exact) mass is 340 g/mol. The third-order valence-corrected chi connectivity index (χ3v) is 4.31. The Kier molecular flexibility index (Phi) is 5.00. The Morgan fingerprint density at radius 3 is 2.64 bits per heavy atom. The van der Waals surface area contributed by atoms with Crippen LogP contribution in [-0.2, 0) is 11.2 Å². The molecule has 6 nitrogen and oxygen atoms in total. The number of carbonyl (C=O) groups is 1. The molecule has 25 heavy (non-hydrogen) atoms. The summed E-state index contributed by atoms with van der Waals surface area (Å²) >= 11 is 0. The van der Waals surface area contributed by atoms with Gasteiger partial charge >= 0.3 is 0 Å². The van der Waals surface area contributed by atoms with Crippen molar-refractivity contribution >= 4 is 16.9 Å². The fraction of sp³-hybridized carbons (Fsp3) is 0.263. The van der Waals surface area contributed by atoms with Gasteiger partial charge in [0.25, 0.3) is 0 Å². The van der Waals surface area contributed by atoms with Gasteiger partial charge in [0, 0.05) is 12.4 Å². The second kappa shape index (κ2) is 7.36. The molecule has 1 heterocycles. The Morgan fingerprint density at radius 2 is 1.96 bits per heavy atom. The number of nitrogens with zero attached hydrogens (tertiary/aromatic N) is 2. The van der Waals surface area contributed by atoms with Crippen molar-refractivity contribution < 1.29 is 19.2 Å². The SMILES string of the molecule is COc1ccc(C(CO)N(C)C(=O)Cc2noc3ccccc23)cc1. The Morgan fingerprint density at radius 1 is 1.24 bits per heavy atom. The molecule has 0 spiro atoms. The fourth-order valence-electron chi connectivity index (χ4n) is 2.78. The molecule has 1 N–H and O–H groups in total. The van der Waals surface area contributed by atoms with Crippen LogP contribution in [0.3, 0.4) is 0 Å². The van der Waals surface area contributed by atoms with Crippen molar-refractivity contribution in [1.82, 2.24) is 10.1 Å². The first-order valence-corrected chi connectivity index (χ1v) is 7.97. The Hall–Kier alpha value is -2.86. The number of hydrogen-bond donors (Lipinski definition) is 1. The molecular formula is C19H20N2O4. The molecule has 0 bridgehead atoms. The van der Waals surface area contributed by atoms with Gasteiger partial charge in [-0.25, -0.2) is 0 Å². The highest BCUT2D eigenvalue weighted by Crippen LogP contribution is 2.24. The summed E-state index contributed by atoms with van der Waals surface area (Å²) < 4.78 is 10.4. The highest BCUT2D eigenvalue weighted by molar-refractivity contribution is 5.86. The number of carbonyl (C=O) groups excluding carboxylic acids is 1. The lowest BCUT2D eigenvalue weighted by atomic mass is 10.1. The van der Waals surface area contributed by atoms with Crippen LogP contribution in [0.1, 0.15) is 17.3 Å². The van der Waals surface area contributed by atoms with Gasteiger partial charge in [-0.2, -0.15) is 0 Å². The smallest absolute Gasteiger partial charge is 0.229 e. The van der Waals surface area contributed by atoms with E-state index >= 15 is 0 Å². The molecule has 1 aromatic heterocycles. The molecule has 1 amide bonds.